The maximum Gasteiger partial charge on any atom is 0.239 e. The van der Waals surface area contributed by atoms with Crippen LogP contribution in [-0.2, 0) is 11.3 Å². The van der Waals surface area contributed by atoms with Gasteiger partial charge in [0.2, 0.25) is 5.91 Å². The van der Waals surface area contributed by atoms with Crippen molar-refractivity contribution in [1.29, 1.82) is 0 Å². The number of amides is 1. The lowest BCUT2D eigenvalue weighted by atomic mass is 10.2. The molecule has 1 aliphatic heterocycles. The standard InChI is InChI=1S/C14H19Cl2N3O/c1-10(17)14(20)19-7-5-18(6-8-19)9-11-3-2-4-12(15)13(11)16/h2-4,10H,5-9,17H2,1H3/t10-/m0/s1. The zero-order valence-corrected chi connectivity index (χ0v) is 13.0. The van der Waals surface area contributed by atoms with Crippen LogP contribution >= 0.6 is 23.2 Å². The minimum absolute atomic E-state index is 0.0189. The molecule has 0 radical (unpaired) electrons. The van der Waals surface area contributed by atoms with Crippen LogP contribution in [0.25, 0.3) is 0 Å². The fourth-order valence-corrected chi connectivity index (χ4v) is 2.71. The summed E-state index contributed by atoms with van der Waals surface area (Å²) in [5, 5.41) is 1.19. The van der Waals surface area contributed by atoms with Crippen LogP contribution in [-0.4, -0.2) is 47.9 Å². The fraction of sp³-hybridized carbons (Fsp3) is 0.500. The van der Waals surface area contributed by atoms with Gasteiger partial charge >= 0.3 is 0 Å². The van der Waals surface area contributed by atoms with Gasteiger partial charge in [-0.05, 0) is 18.6 Å². The Kier molecular flexibility index (Phi) is 5.27. The average Bonchev–Trinajstić information content (AvgIpc) is 2.44. The number of hydrogen-bond acceptors (Lipinski definition) is 3. The summed E-state index contributed by atoms with van der Waals surface area (Å²) in [6.07, 6.45) is 0. The number of halogens is 2. The molecule has 0 bridgehead atoms. The first-order chi connectivity index (χ1) is 9.49. The third-order valence-electron chi connectivity index (χ3n) is 3.50. The van der Waals surface area contributed by atoms with Crippen LogP contribution in [0.1, 0.15) is 12.5 Å². The van der Waals surface area contributed by atoms with E-state index >= 15 is 0 Å². The van der Waals surface area contributed by atoms with Gasteiger partial charge in [0.15, 0.2) is 0 Å². The van der Waals surface area contributed by atoms with Crippen LogP contribution in [0.2, 0.25) is 10.0 Å². The molecule has 0 unspecified atom stereocenters. The topological polar surface area (TPSA) is 49.6 Å². The zero-order valence-electron chi connectivity index (χ0n) is 11.5. The third-order valence-corrected chi connectivity index (χ3v) is 4.36. The molecular formula is C14H19Cl2N3O. The SMILES string of the molecule is C[C@H](N)C(=O)N1CCN(Cc2cccc(Cl)c2Cl)CC1. The van der Waals surface area contributed by atoms with Crippen molar-refractivity contribution in [2.45, 2.75) is 19.5 Å². The van der Waals surface area contributed by atoms with Crippen molar-refractivity contribution in [2.75, 3.05) is 26.2 Å². The monoisotopic (exact) mass is 315 g/mol. The van der Waals surface area contributed by atoms with Crippen molar-refractivity contribution in [1.82, 2.24) is 9.80 Å². The van der Waals surface area contributed by atoms with Gasteiger partial charge in [-0.25, -0.2) is 0 Å². The molecule has 1 amide bonds. The molecule has 0 aromatic heterocycles. The van der Waals surface area contributed by atoms with Crippen LogP contribution < -0.4 is 5.73 Å². The summed E-state index contributed by atoms with van der Waals surface area (Å²) in [6.45, 7) is 5.53. The molecule has 1 fully saturated rings. The molecule has 0 saturated carbocycles. The van der Waals surface area contributed by atoms with Crippen LogP contribution in [0.15, 0.2) is 18.2 Å². The van der Waals surface area contributed by atoms with Gasteiger partial charge in [-0.3, -0.25) is 9.69 Å². The van der Waals surface area contributed by atoms with E-state index in [1.165, 1.54) is 0 Å². The summed E-state index contributed by atoms with van der Waals surface area (Å²) < 4.78 is 0. The van der Waals surface area contributed by atoms with Crippen molar-refractivity contribution in [3.8, 4) is 0 Å². The summed E-state index contributed by atoms with van der Waals surface area (Å²) in [6, 6.07) is 5.24. The van der Waals surface area contributed by atoms with E-state index < -0.39 is 6.04 Å². The first kappa shape index (κ1) is 15.6. The smallest absolute Gasteiger partial charge is 0.239 e. The van der Waals surface area contributed by atoms with Crippen molar-refractivity contribution in [3.63, 3.8) is 0 Å². The van der Waals surface area contributed by atoms with Gasteiger partial charge in [0, 0.05) is 32.7 Å². The highest BCUT2D eigenvalue weighted by Crippen LogP contribution is 2.26. The van der Waals surface area contributed by atoms with E-state index in [1.807, 2.05) is 17.0 Å². The number of hydrogen-bond donors (Lipinski definition) is 1. The maximum atomic E-state index is 11.8. The lowest BCUT2D eigenvalue weighted by Gasteiger charge is -2.35. The van der Waals surface area contributed by atoms with Gasteiger partial charge < -0.3 is 10.6 Å². The Morgan fingerprint density at radius 1 is 1.30 bits per heavy atom. The Balaban J connectivity index is 1.92. The summed E-state index contributed by atoms with van der Waals surface area (Å²) in [7, 11) is 0. The molecule has 110 valence electrons. The molecule has 0 spiro atoms. The first-order valence-electron chi connectivity index (χ1n) is 6.68. The Bertz CT molecular complexity index is 485. The molecule has 1 aliphatic rings. The number of rotatable bonds is 3. The summed E-state index contributed by atoms with van der Waals surface area (Å²) in [5.41, 5.74) is 6.64. The summed E-state index contributed by atoms with van der Waals surface area (Å²) in [4.78, 5) is 15.9. The number of benzene rings is 1. The third kappa shape index (κ3) is 3.64. The van der Waals surface area contributed by atoms with E-state index in [2.05, 4.69) is 4.90 Å². The Morgan fingerprint density at radius 3 is 2.55 bits per heavy atom. The molecule has 6 heteroatoms. The zero-order chi connectivity index (χ0) is 14.7. The first-order valence-corrected chi connectivity index (χ1v) is 7.44. The van der Waals surface area contributed by atoms with Crippen molar-refractivity contribution < 1.29 is 4.79 Å². The molecular weight excluding hydrogens is 297 g/mol. The fourth-order valence-electron chi connectivity index (χ4n) is 2.33. The molecule has 1 saturated heterocycles. The molecule has 4 nitrogen and oxygen atoms in total. The minimum atomic E-state index is -0.427. The molecule has 20 heavy (non-hydrogen) atoms. The van der Waals surface area contributed by atoms with Crippen LogP contribution in [0.4, 0.5) is 0 Å². The second-order valence-electron chi connectivity index (χ2n) is 5.10. The number of carbonyl (C=O) groups is 1. The van der Waals surface area contributed by atoms with Gasteiger partial charge in [0.05, 0.1) is 16.1 Å². The van der Waals surface area contributed by atoms with Crippen molar-refractivity contribution >= 4 is 29.1 Å². The van der Waals surface area contributed by atoms with Gasteiger partial charge in [0.25, 0.3) is 0 Å². The second kappa shape index (κ2) is 6.76. The predicted molar refractivity (Wildman–Crippen MR) is 82.0 cm³/mol. The average molecular weight is 316 g/mol. The lowest BCUT2D eigenvalue weighted by molar-refractivity contribution is -0.134. The summed E-state index contributed by atoms with van der Waals surface area (Å²) in [5.74, 6) is 0.0189. The predicted octanol–water partition coefficient (Wildman–Crippen LogP) is 1.98. The van der Waals surface area contributed by atoms with E-state index in [-0.39, 0.29) is 5.91 Å². The van der Waals surface area contributed by atoms with Gasteiger partial charge in [-0.15, -0.1) is 0 Å². The number of nitrogens with two attached hydrogens (primary N) is 1. The number of carbonyl (C=O) groups excluding carboxylic acids is 1. The quantitative estimate of drug-likeness (QED) is 0.928. The highest BCUT2D eigenvalue weighted by molar-refractivity contribution is 6.42. The van der Waals surface area contributed by atoms with Crippen LogP contribution in [0, 0.1) is 0 Å². The van der Waals surface area contributed by atoms with E-state index in [0.717, 1.165) is 25.2 Å². The van der Waals surface area contributed by atoms with E-state index in [4.69, 9.17) is 28.9 Å². The Hall–Kier alpha value is -0.810. The number of nitrogens with zero attached hydrogens (tertiary/aromatic N) is 2. The highest BCUT2D eigenvalue weighted by atomic mass is 35.5. The van der Waals surface area contributed by atoms with Crippen LogP contribution in [0.5, 0.6) is 0 Å². The molecule has 2 rings (SSSR count). The Morgan fingerprint density at radius 2 is 1.95 bits per heavy atom. The summed E-state index contributed by atoms with van der Waals surface area (Å²) >= 11 is 12.2. The van der Waals surface area contributed by atoms with E-state index in [1.54, 1.807) is 13.0 Å². The maximum absolute atomic E-state index is 11.8. The van der Waals surface area contributed by atoms with Gasteiger partial charge in [0.1, 0.15) is 0 Å². The molecule has 1 atom stereocenters. The lowest BCUT2D eigenvalue weighted by Crippen LogP contribution is -2.52. The van der Waals surface area contributed by atoms with Crippen LogP contribution in [0.3, 0.4) is 0 Å². The molecule has 1 heterocycles. The Labute approximate surface area is 129 Å². The molecule has 0 aliphatic carbocycles. The second-order valence-corrected chi connectivity index (χ2v) is 5.89. The minimum Gasteiger partial charge on any atom is -0.339 e. The molecule has 1 aromatic carbocycles. The van der Waals surface area contributed by atoms with E-state index in [9.17, 15) is 4.79 Å². The van der Waals surface area contributed by atoms with Gasteiger partial charge in [-0.1, -0.05) is 35.3 Å². The van der Waals surface area contributed by atoms with E-state index in [0.29, 0.717) is 23.1 Å². The number of piperazine rings is 1. The highest BCUT2D eigenvalue weighted by Gasteiger charge is 2.23. The largest absolute Gasteiger partial charge is 0.339 e. The molecule has 1 aromatic rings. The molecule has 2 N–H and O–H groups in total. The van der Waals surface area contributed by atoms with Crippen molar-refractivity contribution in [2.24, 2.45) is 5.73 Å². The van der Waals surface area contributed by atoms with Gasteiger partial charge in [-0.2, -0.15) is 0 Å². The van der Waals surface area contributed by atoms with Crippen molar-refractivity contribution in [3.05, 3.63) is 33.8 Å². The normalized spacial score (nSPS) is 18.1.